The first kappa shape index (κ1) is 24.4. The number of hydrogen-bond acceptors (Lipinski definition) is 3. The predicted octanol–water partition coefficient (Wildman–Crippen LogP) is 8.04. The molecule has 2 aromatic rings. The Labute approximate surface area is 184 Å². The zero-order valence-electron chi connectivity index (χ0n) is 19.8. The average molecular weight is 415 g/mol. The summed E-state index contributed by atoms with van der Waals surface area (Å²) in [6.07, 6.45) is 9.77. The third-order valence-electron chi connectivity index (χ3n) is 6.16. The van der Waals surface area contributed by atoms with Crippen LogP contribution in [0.3, 0.4) is 0 Å². The largest absolute Gasteiger partial charge is 0.493 e. The molecule has 0 aromatic heterocycles. The van der Waals surface area contributed by atoms with Gasteiger partial charge in [-0.25, -0.2) is 0 Å². The molecule has 2 atom stereocenters. The molecule has 30 heavy (non-hydrogen) atoms. The molecule has 0 heterocycles. The fraction of sp³-hybridized carbons (Fsp3) is 0.630. The van der Waals surface area contributed by atoms with Crippen molar-refractivity contribution in [1.82, 2.24) is 0 Å². The molecule has 2 unspecified atom stereocenters. The minimum atomic E-state index is 0.585. The minimum Gasteiger partial charge on any atom is -0.493 e. The molecule has 0 amide bonds. The Morgan fingerprint density at radius 2 is 1.40 bits per heavy atom. The van der Waals surface area contributed by atoms with Crippen molar-refractivity contribution in [1.29, 1.82) is 0 Å². The van der Waals surface area contributed by atoms with Crippen molar-refractivity contribution in [3.63, 3.8) is 0 Å². The van der Waals surface area contributed by atoms with Gasteiger partial charge in [0, 0.05) is 5.39 Å². The highest BCUT2D eigenvalue weighted by Crippen LogP contribution is 2.37. The van der Waals surface area contributed by atoms with E-state index in [2.05, 4.69) is 52.0 Å². The number of unbranched alkanes of at least 4 members (excludes halogenated alkanes) is 2. The lowest BCUT2D eigenvalue weighted by molar-refractivity contribution is 0.226. The van der Waals surface area contributed by atoms with Crippen LogP contribution in [0.4, 0.5) is 0 Å². The Kier molecular flexibility index (Phi) is 10.9. The first-order chi connectivity index (χ1) is 14.7. The molecule has 0 radical (unpaired) electrons. The van der Waals surface area contributed by atoms with Gasteiger partial charge in [-0.1, -0.05) is 72.3 Å². The van der Waals surface area contributed by atoms with Gasteiger partial charge in [-0.15, -0.1) is 0 Å². The molecule has 0 bridgehead atoms. The van der Waals surface area contributed by atoms with Gasteiger partial charge in [-0.2, -0.15) is 0 Å². The van der Waals surface area contributed by atoms with Gasteiger partial charge < -0.3 is 14.2 Å². The van der Waals surface area contributed by atoms with Gasteiger partial charge in [-0.3, -0.25) is 0 Å². The first-order valence-corrected chi connectivity index (χ1v) is 12.0. The summed E-state index contributed by atoms with van der Waals surface area (Å²) in [6.45, 7) is 10.5. The quantitative estimate of drug-likeness (QED) is 0.295. The summed E-state index contributed by atoms with van der Waals surface area (Å²) in [5, 5.41) is 2.22. The highest BCUT2D eigenvalue weighted by atomic mass is 16.5. The van der Waals surface area contributed by atoms with Crippen LogP contribution in [0.5, 0.6) is 17.2 Å². The number of rotatable bonds is 15. The molecule has 0 aliphatic rings. The van der Waals surface area contributed by atoms with Crippen LogP contribution in [-0.4, -0.2) is 20.3 Å². The highest BCUT2D eigenvalue weighted by Gasteiger charge is 2.14. The summed E-state index contributed by atoms with van der Waals surface area (Å²) in [5.74, 6) is 3.80. The highest BCUT2D eigenvalue weighted by molar-refractivity contribution is 5.91. The van der Waals surface area contributed by atoms with Crippen LogP contribution in [0.2, 0.25) is 0 Å². The fourth-order valence-electron chi connectivity index (χ4n) is 3.87. The maximum absolute atomic E-state index is 6.33. The Bertz CT molecular complexity index is 740. The molecule has 0 saturated carbocycles. The van der Waals surface area contributed by atoms with E-state index in [1.165, 1.54) is 44.9 Å². The molecule has 3 nitrogen and oxygen atoms in total. The second-order valence-corrected chi connectivity index (χ2v) is 8.43. The van der Waals surface area contributed by atoms with Gasteiger partial charge >= 0.3 is 0 Å². The average Bonchev–Trinajstić information content (AvgIpc) is 2.79. The molecule has 0 aliphatic heterocycles. The van der Waals surface area contributed by atoms with Gasteiger partial charge in [0.25, 0.3) is 0 Å². The summed E-state index contributed by atoms with van der Waals surface area (Å²) >= 11 is 0. The zero-order valence-corrected chi connectivity index (χ0v) is 19.8. The summed E-state index contributed by atoms with van der Waals surface area (Å²) in [5.41, 5.74) is 0. The van der Waals surface area contributed by atoms with Crippen molar-refractivity contribution in [2.24, 2.45) is 11.8 Å². The van der Waals surface area contributed by atoms with Crippen LogP contribution in [0.25, 0.3) is 10.8 Å². The van der Waals surface area contributed by atoms with E-state index in [9.17, 15) is 0 Å². The van der Waals surface area contributed by atoms with Crippen LogP contribution in [0.15, 0.2) is 30.3 Å². The van der Waals surface area contributed by atoms with E-state index in [1.807, 2.05) is 6.07 Å². The molecular weight excluding hydrogens is 372 g/mol. The lowest BCUT2D eigenvalue weighted by atomic mass is 10.0. The lowest BCUT2D eigenvalue weighted by Gasteiger charge is -2.19. The van der Waals surface area contributed by atoms with E-state index in [0.717, 1.165) is 47.7 Å². The fourth-order valence-corrected chi connectivity index (χ4v) is 3.87. The molecule has 0 saturated heterocycles. The van der Waals surface area contributed by atoms with Gasteiger partial charge in [0.2, 0.25) is 0 Å². The Balaban J connectivity index is 2.14. The third-order valence-corrected chi connectivity index (χ3v) is 6.16. The van der Waals surface area contributed by atoms with Crippen LogP contribution < -0.4 is 14.2 Å². The standard InChI is InChI=1S/C27H42O3/c1-6-10-12-21(8-3)19-29-24-15-16-25-23(18-24)14-17-26(28-5)27(25)30-20-22(9-4)13-11-7-2/h14-18,21-22H,6-13,19-20H2,1-5H3. The zero-order chi connectivity index (χ0) is 21.8. The molecule has 0 fully saturated rings. The van der Waals surface area contributed by atoms with Gasteiger partial charge in [-0.05, 0) is 54.3 Å². The number of hydrogen-bond donors (Lipinski definition) is 0. The van der Waals surface area contributed by atoms with Gasteiger partial charge in [0.05, 0.1) is 20.3 Å². The van der Waals surface area contributed by atoms with E-state index in [-0.39, 0.29) is 0 Å². The summed E-state index contributed by atoms with van der Waals surface area (Å²) in [4.78, 5) is 0. The van der Waals surface area contributed by atoms with Gasteiger partial charge in [0.15, 0.2) is 11.5 Å². The normalized spacial score (nSPS) is 13.2. The monoisotopic (exact) mass is 414 g/mol. The van der Waals surface area contributed by atoms with Crippen molar-refractivity contribution < 1.29 is 14.2 Å². The van der Waals surface area contributed by atoms with Crippen LogP contribution in [0.1, 0.15) is 79.1 Å². The van der Waals surface area contributed by atoms with E-state index in [4.69, 9.17) is 14.2 Å². The summed E-state index contributed by atoms with van der Waals surface area (Å²) in [7, 11) is 1.71. The second kappa shape index (κ2) is 13.4. The maximum Gasteiger partial charge on any atom is 0.168 e. The number of benzene rings is 2. The Morgan fingerprint density at radius 1 is 0.767 bits per heavy atom. The van der Waals surface area contributed by atoms with E-state index < -0.39 is 0 Å². The SMILES string of the molecule is CCCCC(CC)COc1ccc2c(OCC(CC)CCCC)c(OC)ccc2c1. The van der Waals surface area contributed by atoms with E-state index >= 15 is 0 Å². The topological polar surface area (TPSA) is 27.7 Å². The van der Waals surface area contributed by atoms with Crippen molar-refractivity contribution in [3.05, 3.63) is 30.3 Å². The van der Waals surface area contributed by atoms with Crippen LogP contribution in [0, 0.1) is 11.8 Å². The summed E-state index contributed by atoms with van der Waals surface area (Å²) < 4.78 is 18.1. The van der Waals surface area contributed by atoms with Crippen molar-refractivity contribution in [2.45, 2.75) is 79.1 Å². The van der Waals surface area contributed by atoms with E-state index in [1.54, 1.807) is 7.11 Å². The summed E-state index contributed by atoms with van der Waals surface area (Å²) in [6, 6.07) is 10.4. The third kappa shape index (κ3) is 7.11. The molecule has 168 valence electrons. The number of methoxy groups -OCH3 is 1. The maximum atomic E-state index is 6.33. The molecule has 0 aliphatic carbocycles. The van der Waals surface area contributed by atoms with Crippen LogP contribution in [-0.2, 0) is 0 Å². The molecular formula is C27H42O3. The molecule has 0 N–H and O–H groups in total. The molecule has 3 heteroatoms. The molecule has 0 spiro atoms. The molecule has 2 aromatic carbocycles. The lowest BCUT2D eigenvalue weighted by Crippen LogP contribution is -2.12. The Hall–Kier alpha value is -1.90. The Morgan fingerprint density at radius 3 is 1.97 bits per heavy atom. The van der Waals surface area contributed by atoms with Crippen molar-refractivity contribution >= 4 is 10.8 Å². The predicted molar refractivity (Wildman–Crippen MR) is 128 cm³/mol. The number of fused-ring (bicyclic) bond motifs is 1. The van der Waals surface area contributed by atoms with Crippen molar-refractivity contribution in [2.75, 3.05) is 20.3 Å². The van der Waals surface area contributed by atoms with Crippen LogP contribution >= 0.6 is 0 Å². The number of ether oxygens (including phenoxy) is 3. The molecule has 2 rings (SSSR count). The minimum absolute atomic E-state index is 0.585. The van der Waals surface area contributed by atoms with Crippen molar-refractivity contribution in [3.8, 4) is 17.2 Å². The van der Waals surface area contributed by atoms with E-state index in [0.29, 0.717) is 11.8 Å². The second-order valence-electron chi connectivity index (χ2n) is 8.43. The first-order valence-electron chi connectivity index (χ1n) is 12.0. The smallest absolute Gasteiger partial charge is 0.168 e. The van der Waals surface area contributed by atoms with Gasteiger partial charge in [0.1, 0.15) is 5.75 Å².